The molecule has 1 aromatic heterocycles. The van der Waals surface area contributed by atoms with E-state index in [-0.39, 0.29) is 5.75 Å². The van der Waals surface area contributed by atoms with Gasteiger partial charge in [-0.1, -0.05) is 6.07 Å². The number of hydrogen-bond donors (Lipinski definition) is 2. The van der Waals surface area contributed by atoms with Crippen molar-refractivity contribution < 1.29 is 23.1 Å². The number of aryl methyl sites for hydroxylation is 1. The molecule has 0 aliphatic rings. The van der Waals surface area contributed by atoms with E-state index in [1.54, 1.807) is 19.2 Å². The van der Waals surface area contributed by atoms with E-state index in [2.05, 4.69) is 10.3 Å². The van der Waals surface area contributed by atoms with Gasteiger partial charge in [-0.25, -0.2) is 13.2 Å². The number of carboxylic acid groups (broad SMARTS) is 1. The molecule has 0 spiro atoms. The Balaban J connectivity index is 2.82. The van der Waals surface area contributed by atoms with E-state index in [1.807, 2.05) is 0 Å². The number of sulfone groups is 1. The first-order valence-corrected chi connectivity index (χ1v) is 7.62. The molecule has 0 bridgehead atoms. The maximum atomic E-state index is 12.0. The summed E-state index contributed by atoms with van der Waals surface area (Å²) in [5.41, 5.74) is 1.30. The van der Waals surface area contributed by atoms with E-state index in [1.165, 1.54) is 6.20 Å². The van der Waals surface area contributed by atoms with Crippen LogP contribution in [0.4, 0.5) is 0 Å². The van der Waals surface area contributed by atoms with Gasteiger partial charge in [-0.2, -0.15) is 0 Å². The Morgan fingerprint density at radius 1 is 1.40 bits per heavy atom. The number of hydrogen-bond acceptors (Lipinski definition) is 5. The maximum Gasteiger partial charge on any atom is 0.327 e. The number of carbonyl (C=O) groups excluding carboxylic acids is 1. The molecule has 1 amide bonds. The lowest BCUT2D eigenvalue weighted by molar-refractivity contribution is -0.140. The van der Waals surface area contributed by atoms with E-state index in [4.69, 9.17) is 5.11 Å². The number of rotatable bonds is 6. The molecule has 110 valence electrons. The highest BCUT2D eigenvalue weighted by Crippen LogP contribution is 2.08. The Morgan fingerprint density at radius 3 is 2.55 bits per heavy atom. The predicted molar refractivity (Wildman–Crippen MR) is 71.7 cm³/mol. The summed E-state index contributed by atoms with van der Waals surface area (Å²) in [5.74, 6) is -2.95. The molecule has 0 unspecified atom stereocenters. The minimum absolute atomic E-state index is 0.314. The van der Waals surface area contributed by atoms with Crippen LogP contribution in [0.3, 0.4) is 0 Å². The zero-order valence-corrected chi connectivity index (χ0v) is 12.0. The van der Waals surface area contributed by atoms with Crippen molar-refractivity contribution in [3.8, 4) is 0 Å². The van der Waals surface area contributed by atoms with Crippen LogP contribution in [-0.2, 0) is 25.2 Å². The number of aliphatic carboxylic acids is 1. The van der Waals surface area contributed by atoms with Crippen molar-refractivity contribution in [2.45, 2.75) is 25.6 Å². The summed E-state index contributed by atoms with van der Waals surface area (Å²) in [6.45, 7) is 2.91. The summed E-state index contributed by atoms with van der Waals surface area (Å²) in [7, 11) is -3.68. The van der Waals surface area contributed by atoms with Crippen LogP contribution in [0.15, 0.2) is 18.5 Å². The molecule has 1 rings (SSSR count). The summed E-state index contributed by atoms with van der Waals surface area (Å²) in [6.07, 6.45) is 3.01. The van der Waals surface area contributed by atoms with Gasteiger partial charge in [-0.05, 0) is 18.1 Å². The number of nitrogens with one attached hydrogen (secondary N) is 1. The van der Waals surface area contributed by atoms with Gasteiger partial charge in [0.05, 0.1) is 11.5 Å². The zero-order chi connectivity index (χ0) is 15.3. The Kier molecular flexibility index (Phi) is 5.20. The molecule has 0 aliphatic carbocycles. The molecule has 0 aliphatic heterocycles. The highest BCUT2D eigenvalue weighted by molar-refractivity contribution is 7.90. The lowest BCUT2D eigenvalue weighted by Crippen LogP contribution is -2.44. The van der Waals surface area contributed by atoms with Crippen molar-refractivity contribution in [3.05, 3.63) is 29.6 Å². The van der Waals surface area contributed by atoms with Crippen molar-refractivity contribution in [3.63, 3.8) is 0 Å². The molecule has 1 atom stereocenters. The van der Waals surface area contributed by atoms with E-state index >= 15 is 0 Å². The molecule has 8 heteroatoms. The minimum atomic E-state index is -3.68. The molecule has 0 saturated carbocycles. The fourth-order valence-electron chi connectivity index (χ4n) is 1.68. The van der Waals surface area contributed by atoms with Crippen LogP contribution >= 0.6 is 0 Å². The summed E-state index contributed by atoms with van der Waals surface area (Å²) in [4.78, 5) is 25.7. The molecule has 2 N–H and O–H groups in total. The van der Waals surface area contributed by atoms with Gasteiger partial charge in [0.1, 0.15) is 6.04 Å². The molecule has 0 aromatic carbocycles. The fraction of sp³-hybridized carbons (Fsp3) is 0.417. The average Bonchev–Trinajstić information content (AvgIpc) is 2.26. The van der Waals surface area contributed by atoms with Gasteiger partial charge in [-0.3, -0.25) is 9.78 Å². The average molecular weight is 300 g/mol. The van der Waals surface area contributed by atoms with Crippen molar-refractivity contribution >= 4 is 21.7 Å². The second kappa shape index (κ2) is 6.47. The lowest BCUT2D eigenvalue weighted by Gasteiger charge is -2.13. The van der Waals surface area contributed by atoms with Gasteiger partial charge in [0.25, 0.3) is 0 Å². The van der Waals surface area contributed by atoms with E-state index in [0.29, 0.717) is 5.56 Å². The molecule has 1 aromatic rings. The molecule has 20 heavy (non-hydrogen) atoms. The van der Waals surface area contributed by atoms with Gasteiger partial charge < -0.3 is 10.4 Å². The van der Waals surface area contributed by atoms with Crippen molar-refractivity contribution in [1.82, 2.24) is 10.3 Å². The molecule has 0 saturated heterocycles. The Morgan fingerprint density at radius 2 is 2.05 bits per heavy atom. The number of amides is 1. The van der Waals surface area contributed by atoms with Crippen LogP contribution in [0.2, 0.25) is 0 Å². The standard InChI is InChI=1S/C12H16N2O5S/c1-8-3-10(5-13-4-8)6-20(18,19)7-11(12(16)17)14-9(2)15/h3-5,11H,6-7H2,1-2H3,(H,14,15)(H,16,17)/t11-/m0/s1. The van der Waals surface area contributed by atoms with Gasteiger partial charge in [0.15, 0.2) is 9.84 Å². The molecular weight excluding hydrogens is 284 g/mol. The first-order chi connectivity index (χ1) is 9.19. The van der Waals surface area contributed by atoms with E-state index in [0.717, 1.165) is 12.5 Å². The van der Waals surface area contributed by atoms with E-state index in [9.17, 15) is 18.0 Å². The topological polar surface area (TPSA) is 113 Å². The summed E-state index contributed by atoms with van der Waals surface area (Å²) in [6, 6.07) is 0.217. The molecule has 1 heterocycles. The Bertz CT molecular complexity index is 612. The van der Waals surface area contributed by atoms with Crippen LogP contribution in [0, 0.1) is 6.92 Å². The largest absolute Gasteiger partial charge is 0.480 e. The van der Waals surface area contributed by atoms with Gasteiger partial charge in [0.2, 0.25) is 5.91 Å². The fourth-order valence-corrected chi connectivity index (χ4v) is 3.20. The highest BCUT2D eigenvalue weighted by atomic mass is 32.2. The second-order valence-electron chi connectivity index (χ2n) is 4.52. The highest BCUT2D eigenvalue weighted by Gasteiger charge is 2.26. The smallest absolute Gasteiger partial charge is 0.327 e. The molecule has 0 fully saturated rings. The lowest BCUT2D eigenvalue weighted by atomic mass is 10.2. The number of aromatic nitrogens is 1. The first kappa shape index (κ1) is 16.1. The van der Waals surface area contributed by atoms with Crippen LogP contribution < -0.4 is 5.32 Å². The summed E-state index contributed by atoms with van der Waals surface area (Å²) in [5, 5.41) is 11.0. The second-order valence-corrected chi connectivity index (χ2v) is 6.63. The van der Waals surface area contributed by atoms with Crippen LogP contribution in [0.1, 0.15) is 18.1 Å². The Labute approximate surface area is 116 Å². The van der Waals surface area contributed by atoms with Crippen LogP contribution in [-0.4, -0.2) is 42.2 Å². The molecule has 7 nitrogen and oxygen atoms in total. The van der Waals surface area contributed by atoms with Crippen molar-refractivity contribution in [2.75, 3.05) is 5.75 Å². The number of carbonyl (C=O) groups is 2. The molecule has 0 radical (unpaired) electrons. The minimum Gasteiger partial charge on any atom is -0.480 e. The first-order valence-electron chi connectivity index (χ1n) is 5.80. The summed E-state index contributed by atoms with van der Waals surface area (Å²) >= 11 is 0. The van der Waals surface area contributed by atoms with Crippen LogP contribution in [0.5, 0.6) is 0 Å². The van der Waals surface area contributed by atoms with Gasteiger partial charge in [-0.15, -0.1) is 0 Å². The zero-order valence-electron chi connectivity index (χ0n) is 11.2. The quantitative estimate of drug-likeness (QED) is 0.758. The number of carboxylic acids is 1. The van der Waals surface area contributed by atoms with Crippen molar-refractivity contribution in [1.29, 1.82) is 0 Å². The normalized spacial score (nSPS) is 12.7. The maximum absolute atomic E-state index is 12.0. The van der Waals surface area contributed by atoms with Crippen LogP contribution in [0.25, 0.3) is 0 Å². The number of pyridine rings is 1. The monoisotopic (exact) mass is 300 g/mol. The summed E-state index contributed by atoms with van der Waals surface area (Å²) < 4.78 is 23.9. The molecular formula is C12H16N2O5S. The van der Waals surface area contributed by atoms with Gasteiger partial charge in [0, 0.05) is 19.3 Å². The predicted octanol–water partition coefficient (Wildman–Crippen LogP) is -0.106. The third-order valence-electron chi connectivity index (χ3n) is 2.41. The number of nitrogens with zero attached hydrogens (tertiary/aromatic N) is 1. The van der Waals surface area contributed by atoms with Crippen molar-refractivity contribution in [2.24, 2.45) is 0 Å². The third kappa shape index (κ3) is 5.35. The van der Waals surface area contributed by atoms with E-state index < -0.39 is 33.5 Å². The SMILES string of the molecule is CC(=O)N[C@@H](CS(=O)(=O)Cc1cncc(C)c1)C(=O)O. The van der Waals surface area contributed by atoms with Gasteiger partial charge >= 0.3 is 5.97 Å². The third-order valence-corrected chi connectivity index (χ3v) is 4.03. The Hall–Kier alpha value is -1.96.